The van der Waals surface area contributed by atoms with Gasteiger partial charge in [-0.05, 0) is 40.7 Å². The molecule has 0 aromatic carbocycles. The van der Waals surface area contributed by atoms with Crippen molar-refractivity contribution in [3.8, 4) is 0 Å². The molecule has 0 N–H and O–H groups in total. The maximum absolute atomic E-state index is 5.68. The van der Waals surface area contributed by atoms with Gasteiger partial charge >= 0.3 is 7.94 Å². The first-order valence-electron chi connectivity index (χ1n) is 5.55. The number of rotatable bonds is 8. The van der Waals surface area contributed by atoms with Crippen LogP contribution in [0.4, 0.5) is 0 Å². The lowest BCUT2D eigenvalue weighted by molar-refractivity contribution is 0.153. The van der Waals surface area contributed by atoms with Crippen LogP contribution in [0.5, 0.6) is 0 Å². The summed E-state index contributed by atoms with van der Waals surface area (Å²) in [4.78, 5) is 0. The third kappa shape index (κ3) is 6.26. The second-order valence-corrected chi connectivity index (χ2v) is 5.69. The van der Waals surface area contributed by atoms with Gasteiger partial charge < -0.3 is 0 Å². The lowest BCUT2D eigenvalue weighted by Gasteiger charge is -2.19. The molecule has 0 radical (unpaired) electrons. The molecule has 0 aromatic heterocycles. The van der Waals surface area contributed by atoms with Gasteiger partial charge in [0.2, 0.25) is 0 Å². The number of hydrogen-bond donors (Lipinski definition) is 0. The van der Waals surface area contributed by atoms with E-state index in [0.717, 1.165) is 6.16 Å². The highest BCUT2D eigenvalue weighted by atomic mass is 31.2. The highest BCUT2D eigenvalue weighted by molar-refractivity contribution is 7.61. The van der Waals surface area contributed by atoms with E-state index in [1.165, 1.54) is 5.57 Å². The topological polar surface area (TPSA) is 27.7 Å². The van der Waals surface area contributed by atoms with E-state index in [4.69, 9.17) is 13.6 Å². The minimum absolute atomic E-state index is 0.629. The summed E-state index contributed by atoms with van der Waals surface area (Å²) in [7, 11) is -2.13. The van der Waals surface area contributed by atoms with Crippen molar-refractivity contribution >= 4 is 7.94 Å². The third-order valence-corrected chi connectivity index (χ3v) is 4.29. The molecule has 0 atom stereocenters. The van der Waals surface area contributed by atoms with Crippen LogP contribution in [0.1, 0.15) is 34.6 Å². The Morgan fingerprint density at radius 3 is 1.60 bits per heavy atom. The van der Waals surface area contributed by atoms with E-state index < -0.39 is 7.94 Å². The van der Waals surface area contributed by atoms with Gasteiger partial charge in [0.1, 0.15) is 0 Å². The van der Waals surface area contributed by atoms with Crippen LogP contribution in [0.25, 0.3) is 0 Å². The largest absolute Gasteiger partial charge is 0.415 e. The fraction of sp³-hybridized carbons (Fsp3) is 0.818. The molecule has 0 bridgehead atoms. The maximum atomic E-state index is 5.68. The summed E-state index contributed by atoms with van der Waals surface area (Å²) < 4.78 is 17.0. The summed E-state index contributed by atoms with van der Waals surface area (Å²) in [5.74, 6) is 0. The molecule has 3 nitrogen and oxygen atoms in total. The second kappa shape index (κ2) is 8.23. The highest BCUT2D eigenvalue weighted by Gasteiger charge is 2.42. The molecule has 0 saturated carbocycles. The van der Waals surface area contributed by atoms with Crippen molar-refractivity contribution in [2.75, 3.05) is 26.0 Å². The summed E-state index contributed by atoms with van der Waals surface area (Å²) >= 11 is 0. The zero-order valence-corrected chi connectivity index (χ0v) is 11.5. The summed E-state index contributed by atoms with van der Waals surface area (Å²) in [6.07, 6.45) is 2.86. The average molecular weight is 235 g/mol. The van der Waals surface area contributed by atoms with Crippen LogP contribution in [0.3, 0.4) is 0 Å². The highest BCUT2D eigenvalue weighted by Crippen LogP contribution is 2.62. The zero-order chi connectivity index (χ0) is 11.7. The Kier molecular flexibility index (Phi) is 8.26. The van der Waals surface area contributed by atoms with Crippen molar-refractivity contribution in [1.29, 1.82) is 0 Å². The molecule has 90 valence electrons. The number of hydrogen-bond acceptors (Lipinski definition) is 3. The van der Waals surface area contributed by atoms with Crippen LogP contribution in [0.2, 0.25) is 0 Å². The van der Waals surface area contributed by atoms with Crippen molar-refractivity contribution in [3.63, 3.8) is 0 Å². The lowest BCUT2D eigenvalue weighted by Crippen LogP contribution is -2.10. The SMILES string of the molecule is CCO[P+](CC=C(C)C)(OCC)OCC. The van der Waals surface area contributed by atoms with E-state index in [1.807, 2.05) is 20.8 Å². The van der Waals surface area contributed by atoms with Crippen molar-refractivity contribution in [2.24, 2.45) is 0 Å². The van der Waals surface area contributed by atoms with Gasteiger partial charge in [0, 0.05) is 0 Å². The molecule has 0 aliphatic rings. The van der Waals surface area contributed by atoms with Crippen LogP contribution in [-0.2, 0) is 13.6 Å². The first kappa shape index (κ1) is 15.0. The molecular weight excluding hydrogens is 211 g/mol. The Hall–Kier alpha value is 0.0500. The normalized spacial score (nSPS) is 11.5. The summed E-state index contributed by atoms with van der Waals surface area (Å²) in [6, 6.07) is 0. The van der Waals surface area contributed by atoms with E-state index in [0.29, 0.717) is 19.8 Å². The van der Waals surface area contributed by atoms with E-state index in [-0.39, 0.29) is 0 Å². The molecule has 4 heteroatoms. The average Bonchev–Trinajstić information content (AvgIpc) is 2.16. The second-order valence-electron chi connectivity index (χ2n) is 3.33. The Morgan fingerprint density at radius 2 is 1.33 bits per heavy atom. The van der Waals surface area contributed by atoms with Crippen molar-refractivity contribution in [1.82, 2.24) is 0 Å². The molecule has 0 aliphatic carbocycles. The van der Waals surface area contributed by atoms with E-state index in [9.17, 15) is 0 Å². The lowest BCUT2D eigenvalue weighted by atomic mass is 10.3. The van der Waals surface area contributed by atoms with Gasteiger partial charge in [-0.15, -0.1) is 0 Å². The fourth-order valence-electron chi connectivity index (χ4n) is 1.15. The molecular formula is C11H24O3P+. The summed E-state index contributed by atoms with van der Waals surface area (Å²) in [5, 5.41) is 0. The molecule has 0 aromatic rings. The summed E-state index contributed by atoms with van der Waals surface area (Å²) in [6.45, 7) is 11.9. The first-order chi connectivity index (χ1) is 7.10. The Labute approximate surface area is 94.4 Å². The van der Waals surface area contributed by atoms with Crippen molar-refractivity contribution in [2.45, 2.75) is 34.6 Å². The molecule has 0 heterocycles. The molecule has 0 aliphatic heterocycles. The van der Waals surface area contributed by atoms with Gasteiger partial charge in [-0.3, -0.25) is 0 Å². The van der Waals surface area contributed by atoms with Crippen LogP contribution in [0.15, 0.2) is 11.6 Å². The fourth-order valence-corrected chi connectivity index (χ4v) is 3.46. The van der Waals surface area contributed by atoms with Crippen LogP contribution >= 0.6 is 7.94 Å². The third-order valence-electron chi connectivity index (χ3n) is 1.70. The van der Waals surface area contributed by atoms with Crippen molar-refractivity contribution in [3.05, 3.63) is 11.6 Å². The Morgan fingerprint density at radius 1 is 0.933 bits per heavy atom. The standard InChI is InChI=1S/C11H24O3P/c1-6-12-15(13-7-2,14-8-3)10-9-11(4)5/h9H,6-8,10H2,1-5H3/q+1. The van der Waals surface area contributed by atoms with Crippen LogP contribution in [0, 0.1) is 0 Å². The number of allylic oxidation sites excluding steroid dienone is 2. The smallest absolute Gasteiger partial charge is 0.178 e. The van der Waals surface area contributed by atoms with Crippen LogP contribution < -0.4 is 0 Å². The van der Waals surface area contributed by atoms with E-state index >= 15 is 0 Å². The van der Waals surface area contributed by atoms with Gasteiger partial charge in [-0.25, -0.2) is 0 Å². The Bertz CT molecular complexity index is 171. The van der Waals surface area contributed by atoms with Gasteiger partial charge in [-0.2, -0.15) is 13.6 Å². The minimum Gasteiger partial charge on any atom is -0.178 e. The predicted octanol–water partition coefficient (Wildman–Crippen LogP) is 3.82. The maximum Gasteiger partial charge on any atom is 0.415 e. The molecule has 15 heavy (non-hydrogen) atoms. The van der Waals surface area contributed by atoms with Crippen LogP contribution in [-0.4, -0.2) is 26.0 Å². The van der Waals surface area contributed by atoms with Crippen molar-refractivity contribution < 1.29 is 13.6 Å². The van der Waals surface area contributed by atoms with E-state index in [2.05, 4.69) is 19.9 Å². The molecule has 0 rings (SSSR count). The molecule has 0 saturated heterocycles. The van der Waals surface area contributed by atoms with Gasteiger partial charge in [0.25, 0.3) is 0 Å². The monoisotopic (exact) mass is 235 g/mol. The molecule has 0 spiro atoms. The predicted molar refractivity (Wildman–Crippen MR) is 66.1 cm³/mol. The molecule has 0 unspecified atom stereocenters. The molecule has 0 fully saturated rings. The van der Waals surface area contributed by atoms with E-state index in [1.54, 1.807) is 0 Å². The first-order valence-corrected chi connectivity index (χ1v) is 7.28. The quantitative estimate of drug-likeness (QED) is 0.472. The van der Waals surface area contributed by atoms with Gasteiger partial charge in [0.15, 0.2) is 6.16 Å². The van der Waals surface area contributed by atoms with Gasteiger partial charge in [0.05, 0.1) is 19.8 Å². The zero-order valence-electron chi connectivity index (χ0n) is 10.6. The van der Waals surface area contributed by atoms with Gasteiger partial charge in [-0.1, -0.05) is 5.57 Å². The minimum atomic E-state index is -2.13. The summed E-state index contributed by atoms with van der Waals surface area (Å²) in [5.41, 5.74) is 1.26. The molecule has 0 amide bonds. The Balaban J connectivity index is 4.52.